The summed E-state index contributed by atoms with van der Waals surface area (Å²) in [4.78, 5) is 0. The van der Waals surface area contributed by atoms with Gasteiger partial charge in [-0.3, -0.25) is 0 Å². The molecule has 0 aliphatic carbocycles. The van der Waals surface area contributed by atoms with Gasteiger partial charge in [0, 0.05) is 17.6 Å². The summed E-state index contributed by atoms with van der Waals surface area (Å²) in [5.74, 6) is 0. The molecule has 0 atom stereocenters. The molecule has 0 spiro atoms. The summed E-state index contributed by atoms with van der Waals surface area (Å²) in [6, 6.07) is 6.60. The van der Waals surface area contributed by atoms with Crippen LogP contribution in [0.3, 0.4) is 0 Å². The number of nitrogens with one attached hydrogen (secondary N) is 1. The highest BCUT2D eigenvalue weighted by atomic mass is 32.1. The Bertz CT molecular complexity index is 485. The molecule has 0 saturated carbocycles. The van der Waals surface area contributed by atoms with E-state index in [9.17, 15) is 0 Å². The Morgan fingerprint density at radius 3 is 2.56 bits per heavy atom. The molecule has 2 heteroatoms. The van der Waals surface area contributed by atoms with Gasteiger partial charge in [0.15, 0.2) is 0 Å². The van der Waals surface area contributed by atoms with Crippen LogP contribution in [-0.4, -0.2) is 0 Å². The van der Waals surface area contributed by atoms with Gasteiger partial charge in [-0.15, -0.1) is 11.3 Å². The first-order valence-corrected chi connectivity index (χ1v) is 6.44. The third-order valence-electron chi connectivity index (χ3n) is 2.83. The van der Waals surface area contributed by atoms with E-state index in [1.165, 1.54) is 27.9 Å². The molecule has 1 aromatic carbocycles. The van der Waals surface area contributed by atoms with Gasteiger partial charge in [-0.25, -0.2) is 0 Å². The first kappa shape index (κ1) is 11.2. The molecule has 0 amide bonds. The molecule has 84 valence electrons. The molecule has 0 aliphatic rings. The van der Waals surface area contributed by atoms with Crippen molar-refractivity contribution in [1.82, 2.24) is 0 Å². The Morgan fingerprint density at radius 2 is 1.88 bits per heavy atom. The molecular formula is C14H17NS. The number of aryl methyl sites for hydroxylation is 3. The SMILES string of the molecule is Cc1ccc(C)c(CNc2cscc2C)c1. The fourth-order valence-corrected chi connectivity index (χ4v) is 2.53. The molecule has 0 radical (unpaired) electrons. The number of rotatable bonds is 3. The molecular weight excluding hydrogens is 214 g/mol. The average Bonchev–Trinajstić information content (AvgIpc) is 2.66. The fourth-order valence-electron chi connectivity index (χ4n) is 1.72. The lowest BCUT2D eigenvalue weighted by atomic mass is 10.1. The third kappa shape index (κ3) is 2.45. The first-order chi connectivity index (χ1) is 7.66. The van der Waals surface area contributed by atoms with Crippen molar-refractivity contribution in [2.24, 2.45) is 0 Å². The lowest BCUT2D eigenvalue weighted by Gasteiger charge is -2.09. The molecule has 16 heavy (non-hydrogen) atoms. The smallest absolute Gasteiger partial charge is 0.0481 e. The highest BCUT2D eigenvalue weighted by molar-refractivity contribution is 7.08. The molecule has 2 rings (SSSR count). The van der Waals surface area contributed by atoms with Crippen LogP contribution in [0.4, 0.5) is 5.69 Å². The lowest BCUT2D eigenvalue weighted by Crippen LogP contribution is -2.01. The normalized spacial score (nSPS) is 10.4. The molecule has 0 aliphatic heterocycles. The van der Waals surface area contributed by atoms with Crippen molar-refractivity contribution in [3.05, 3.63) is 51.2 Å². The molecule has 0 bridgehead atoms. The van der Waals surface area contributed by atoms with E-state index in [2.05, 4.69) is 55.0 Å². The van der Waals surface area contributed by atoms with Crippen LogP contribution in [-0.2, 0) is 6.54 Å². The van der Waals surface area contributed by atoms with Crippen molar-refractivity contribution < 1.29 is 0 Å². The minimum absolute atomic E-state index is 0.908. The average molecular weight is 231 g/mol. The second kappa shape index (κ2) is 4.71. The third-order valence-corrected chi connectivity index (χ3v) is 3.69. The quantitative estimate of drug-likeness (QED) is 0.831. The maximum absolute atomic E-state index is 3.49. The summed E-state index contributed by atoms with van der Waals surface area (Å²) >= 11 is 1.75. The number of anilines is 1. The number of benzene rings is 1. The zero-order chi connectivity index (χ0) is 11.5. The highest BCUT2D eigenvalue weighted by Crippen LogP contribution is 2.21. The van der Waals surface area contributed by atoms with Gasteiger partial charge in [-0.2, -0.15) is 0 Å². The summed E-state index contributed by atoms with van der Waals surface area (Å²) in [5, 5.41) is 7.83. The van der Waals surface area contributed by atoms with Crippen molar-refractivity contribution in [3.8, 4) is 0 Å². The molecule has 2 aromatic rings. The van der Waals surface area contributed by atoms with Gasteiger partial charge in [0.25, 0.3) is 0 Å². The Hall–Kier alpha value is -1.28. The standard InChI is InChI=1S/C14H17NS/c1-10-4-5-11(2)13(6-10)7-15-14-9-16-8-12(14)3/h4-6,8-9,15H,7H2,1-3H3. The van der Waals surface area contributed by atoms with Crippen LogP contribution in [0.15, 0.2) is 29.0 Å². The second-order valence-electron chi connectivity index (χ2n) is 4.25. The maximum atomic E-state index is 3.49. The van der Waals surface area contributed by atoms with Gasteiger partial charge in [0.05, 0.1) is 0 Å². The zero-order valence-corrected chi connectivity index (χ0v) is 10.8. The number of hydrogen-bond donors (Lipinski definition) is 1. The molecule has 1 heterocycles. The second-order valence-corrected chi connectivity index (χ2v) is 5.00. The number of hydrogen-bond acceptors (Lipinski definition) is 2. The number of thiophene rings is 1. The monoisotopic (exact) mass is 231 g/mol. The van der Waals surface area contributed by atoms with Gasteiger partial charge in [-0.1, -0.05) is 23.8 Å². The predicted octanol–water partition coefficient (Wildman–Crippen LogP) is 4.29. The van der Waals surface area contributed by atoms with Crippen LogP contribution < -0.4 is 5.32 Å². The van der Waals surface area contributed by atoms with E-state index < -0.39 is 0 Å². The summed E-state index contributed by atoms with van der Waals surface area (Å²) < 4.78 is 0. The maximum Gasteiger partial charge on any atom is 0.0481 e. The molecule has 1 N–H and O–H groups in total. The lowest BCUT2D eigenvalue weighted by molar-refractivity contribution is 1.11. The molecule has 0 saturated heterocycles. The Morgan fingerprint density at radius 1 is 1.06 bits per heavy atom. The van der Waals surface area contributed by atoms with Crippen molar-refractivity contribution >= 4 is 17.0 Å². The van der Waals surface area contributed by atoms with Crippen molar-refractivity contribution in [1.29, 1.82) is 0 Å². The minimum Gasteiger partial charge on any atom is -0.380 e. The molecule has 0 unspecified atom stereocenters. The van der Waals surface area contributed by atoms with Gasteiger partial charge in [0.2, 0.25) is 0 Å². The summed E-state index contributed by atoms with van der Waals surface area (Å²) in [6.07, 6.45) is 0. The van der Waals surface area contributed by atoms with E-state index >= 15 is 0 Å². The van der Waals surface area contributed by atoms with Crippen molar-refractivity contribution in [2.75, 3.05) is 5.32 Å². The predicted molar refractivity (Wildman–Crippen MR) is 72.3 cm³/mol. The Balaban J connectivity index is 2.10. The Kier molecular flexibility index (Phi) is 3.30. The van der Waals surface area contributed by atoms with Gasteiger partial charge in [0.1, 0.15) is 0 Å². The van der Waals surface area contributed by atoms with Gasteiger partial charge in [-0.05, 0) is 42.8 Å². The minimum atomic E-state index is 0.908. The van der Waals surface area contributed by atoms with E-state index in [1.54, 1.807) is 11.3 Å². The van der Waals surface area contributed by atoms with E-state index in [0.717, 1.165) is 6.54 Å². The van der Waals surface area contributed by atoms with Crippen molar-refractivity contribution in [3.63, 3.8) is 0 Å². The van der Waals surface area contributed by atoms with Crippen LogP contribution in [0.5, 0.6) is 0 Å². The van der Waals surface area contributed by atoms with Crippen LogP contribution in [0, 0.1) is 20.8 Å². The highest BCUT2D eigenvalue weighted by Gasteiger charge is 2.01. The van der Waals surface area contributed by atoms with Gasteiger partial charge < -0.3 is 5.32 Å². The van der Waals surface area contributed by atoms with Crippen LogP contribution in [0.2, 0.25) is 0 Å². The van der Waals surface area contributed by atoms with Crippen LogP contribution >= 0.6 is 11.3 Å². The summed E-state index contributed by atoms with van der Waals surface area (Å²) in [5.41, 5.74) is 6.64. The van der Waals surface area contributed by atoms with E-state index in [1.807, 2.05) is 0 Å². The summed E-state index contributed by atoms with van der Waals surface area (Å²) in [7, 11) is 0. The Labute approximate surface area is 101 Å². The molecule has 0 fully saturated rings. The van der Waals surface area contributed by atoms with Gasteiger partial charge >= 0.3 is 0 Å². The van der Waals surface area contributed by atoms with E-state index in [0.29, 0.717) is 0 Å². The fraction of sp³-hybridized carbons (Fsp3) is 0.286. The summed E-state index contributed by atoms with van der Waals surface area (Å²) in [6.45, 7) is 7.35. The molecule has 1 nitrogen and oxygen atoms in total. The topological polar surface area (TPSA) is 12.0 Å². The van der Waals surface area contributed by atoms with E-state index in [4.69, 9.17) is 0 Å². The largest absolute Gasteiger partial charge is 0.380 e. The van der Waals surface area contributed by atoms with Crippen LogP contribution in [0.25, 0.3) is 0 Å². The first-order valence-electron chi connectivity index (χ1n) is 5.49. The van der Waals surface area contributed by atoms with E-state index in [-0.39, 0.29) is 0 Å². The molecule has 1 aromatic heterocycles. The zero-order valence-electron chi connectivity index (χ0n) is 10.0. The van der Waals surface area contributed by atoms with Crippen LogP contribution in [0.1, 0.15) is 22.3 Å². The van der Waals surface area contributed by atoms with Crippen molar-refractivity contribution in [2.45, 2.75) is 27.3 Å².